The van der Waals surface area contributed by atoms with Crippen LogP contribution in [0.3, 0.4) is 0 Å². The highest BCUT2D eigenvalue weighted by molar-refractivity contribution is 9.10. The summed E-state index contributed by atoms with van der Waals surface area (Å²) < 4.78 is 0.910. The molecule has 1 atom stereocenters. The molecule has 3 rings (SSSR count). The van der Waals surface area contributed by atoms with Crippen LogP contribution in [0.25, 0.3) is 5.76 Å². The Morgan fingerprint density at radius 2 is 1.26 bits per heavy atom. The van der Waals surface area contributed by atoms with E-state index in [1.165, 1.54) is 70.6 Å². The smallest absolute Gasteiger partial charge is 0.295 e. The number of hydrogen-bond acceptors (Lipinski definition) is 3. The Bertz CT molecular complexity index is 1080. The van der Waals surface area contributed by atoms with Gasteiger partial charge >= 0.3 is 0 Å². The maximum Gasteiger partial charge on any atom is 0.295 e. The van der Waals surface area contributed by atoms with Crippen LogP contribution in [-0.2, 0) is 9.59 Å². The van der Waals surface area contributed by atoms with Gasteiger partial charge in [-0.2, -0.15) is 0 Å². The highest BCUT2D eigenvalue weighted by Gasteiger charge is 2.45. The molecular weight excluding hydrogens is 574 g/mol. The Kier molecular flexibility index (Phi) is 13.6. The van der Waals surface area contributed by atoms with Crippen molar-refractivity contribution in [3.63, 3.8) is 0 Å². The average molecular weight is 617 g/mol. The van der Waals surface area contributed by atoms with Crippen LogP contribution in [-0.4, -0.2) is 28.2 Å². The number of carbonyl (C=O) groups excluding carboxylic acids is 2. The molecule has 1 fully saturated rings. The lowest BCUT2D eigenvalue weighted by molar-refractivity contribution is -0.139. The van der Waals surface area contributed by atoms with E-state index >= 15 is 0 Å². The van der Waals surface area contributed by atoms with Gasteiger partial charge in [-0.15, -0.1) is 0 Å². The molecule has 1 amide bonds. The number of aliphatic hydroxyl groups is 1. The van der Waals surface area contributed by atoms with Crippen molar-refractivity contribution in [2.45, 2.75) is 103 Å². The summed E-state index contributed by atoms with van der Waals surface area (Å²) in [5, 5.41) is 11.7. The summed E-state index contributed by atoms with van der Waals surface area (Å²) in [5.74, 6) is -1.35. The van der Waals surface area contributed by atoms with Crippen LogP contribution in [0.5, 0.6) is 0 Å². The summed E-state index contributed by atoms with van der Waals surface area (Å²) in [7, 11) is 0. The first kappa shape index (κ1) is 31.4. The maximum absolute atomic E-state index is 13.2. The van der Waals surface area contributed by atoms with E-state index < -0.39 is 17.7 Å². The third kappa shape index (κ3) is 9.49. The van der Waals surface area contributed by atoms with Gasteiger partial charge in [-0.3, -0.25) is 9.59 Å². The topological polar surface area (TPSA) is 57.6 Å². The van der Waals surface area contributed by atoms with Gasteiger partial charge in [0.1, 0.15) is 5.76 Å². The molecule has 1 saturated heterocycles. The number of halogens is 2. The molecule has 6 heteroatoms. The van der Waals surface area contributed by atoms with E-state index in [0.717, 1.165) is 29.3 Å². The Morgan fingerprint density at radius 3 is 1.77 bits per heavy atom. The third-order valence-electron chi connectivity index (χ3n) is 7.60. The van der Waals surface area contributed by atoms with E-state index in [0.29, 0.717) is 17.1 Å². The summed E-state index contributed by atoms with van der Waals surface area (Å²) in [4.78, 5) is 27.9. The molecule has 0 radical (unpaired) electrons. The SMILES string of the molecule is CCCCCCCCCCCCCCCCN1C(=O)C(=O)C(=C(O)c2ccc(Cl)cc2)[C@@H]1c1ccc(Br)cc1. The van der Waals surface area contributed by atoms with Crippen LogP contribution >= 0.6 is 27.5 Å². The van der Waals surface area contributed by atoms with Crippen molar-refractivity contribution >= 4 is 45.0 Å². The van der Waals surface area contributed by atoms with E-state index in [-0.39, 0.29) is 11.3 Å². The number of benzene rings is 2. The zero-order chi connectivity index (χ0) is 28.0. The third-order valence-corrected chi connectivity index (χ3v) is 8.38. The molecule has 0 aromatic heterocycles. The lowest BCUT2D eigenvalue weighted by Crippen LogP contribution is -2.30. The van der Waals surface area contributed by atoms with Crippen molar-refractivity contribution in [3.05, 3.63) is 74.7 Å². The maximum atomic E-state index is 13.2. The first-order valence-electron chi connectivity index (χ1n) is 14.7. The first-order valence-corrected chi connectivity index (χ1v) is 15.9. The highest BCUT2D eigenvalue weighted by atomic mass is 79.9. The lowest BCUT2D eigenvalue weighted by Gasteiger charge is -2.25. The van der Waals surface area contributed by atoms with E-state index in [1.807, 2.05) is 24.3 Å². The van der Waals surface area contributed by atoms with E-state index in [1.54, 1.807) is 29.2 Å². The molecule has 0 unspecified atom stereocenters. The van der Waals surface area contributed by atoms with Gasteiger partial charge in [0.05, 0.1) is 11.6 Å². The van der Waals surface area contributed by atoms with Crippen molar-refractivity contribution in [2.75, 3.05) is 6.54 Å². The van der Waals surface area contributed by atoms with Gasteiger partial charge in [-0.25, -0.2) is 0 Å². The van der Waals surface area contributed by atoms with Crippen molar-refractivity contribution in [2.24, 2.45) is 0 Å². The summed E-state index contributed by atoms with van der Waals surface area (Å²) in [6.45, 7) is 2.75. The number of ketones is 1. The molecule has 1 aliphatic heterocycles. The van der Waals surface area contributed by atoms with Crippen LogP contribution < -0.4 is 0 Å². The molecule has 212 valence electrons. The highest BCUT2D eigenvalue weighted by Crippen LogP contribution is 2.40. The monoisotopic (exact) mass is 615 g/mol. The molecule has 0 saturated carbocycles. The van der Waals surface area contributed by atoms with Gasteiger partial charge in [0.25, 0.3) is 11.7 Å². The number of rotatable bonds is 17. The predicted molar refractivity (Wildman–Crippen MR) is 165 cm³/mol. The molecule has 1 aliphatic rings. The Labute approximate surface area is 248 Å². The van der Waals surface area contributed by atoms with Crippen molar-refractivity contribution in [1.29, 1.82) is 0 Å². The zero-order valence-electron chi connectivity index (χ0n) is 23.3. The van der Waals surface area contributed by atoms with Crippen molar-refractivity contribution in [3.8, 4) is 0 Å². The van der Waals surface area contributed by atoms with Gasteiger partial charge < -0.3 is 10.0 Å². The minimum atomic E-state index is -0.638. The summed E-state index contributed by atoms with van der Waals surface area (Å²) in [6.07, 6.45) is 17.7. The number of hydrogen-bond donors (Lipinski definition) is 1. The Morgan fingerprint density at radius 1 is 0.769 bits per heavy atom. The van der Waals surface area contributed by atoms with Gasteiger partial charge in [-0.1, -0.05) is 130 Å². The fourth-order valence-electron chi connectivity index (χ4n) is 5.34. The molecular formula is C33H43BrClNO3. The molecule has 1 N–H and O–H groups in total. The van der Waals surface area contributed by atoms with Crippen molar-refractivity contribution in [1.82, 2.24) is 4.90 Å². The van der Waals surface area contributed by atoms with Crippen LogP contribution in [0.4, 0.5) is 0 Å². The number of nitrogens with zero attached hydrogens (tertiary/aromatic N) is 1. The molecule has 2 aromatic rings. The standard InChI is InChI=1S/C33H43BrClNO3/c1-2-3-4-5-6-7-8-9-10-11-12-13-14-15-24-36-30(25-16-20-27(34)21-17-25)29(32(38)33(36)39)31(37)26-18-22-28(35)23-19-26/h16-23,30,37H,2-15,24H2,1H3/t30-/m0/s1. The van der Waals surface area contributed by atoms with Crippen LogP contribution in [0.15, 0.2) is 58.6 Å². The minimum absolute atomic E-state index is 0.134. The number of carbonyl (C=O) groups is 2. The largest absolute Gasteiger partial charge is 0.507 e. The van der Waals surface area contributed by atoms with Crippen LogP contribution in [0, 0.1) is 0 Å². The van der Waals surface area contributed by atoms with Gasteiger partial charge in [0.2, 0.25) is 0 Å². The first-order chi connectivity index (χ1) is 18.9. The van der Waals surface area contributed by atoms with Gasteiger partial charge in [0, 0.05) is 21.6 Å². The molecule has 1 heterocycles. The normalized spacial score (nSPS) is 16.8. The molecule has 2 aromatic carbocycles. The fraction of sp³-hybridized carbons (Fsp3) is 0.515. The summed E-state index contributed by atoms with van der Waals surface area (Å²) >= 11 is 9.47. The minimum Gasteiger partial charge on any atom is -0.507 e. The lowest BCUT2D eigenvalue weighted by atomic mass is 9.95. The second-order valence-electron chi connectivity index (χ2n) is 10.6. The average Bonchev–Trinajstić information content (AvgIpc) is 3.18. The van der Waals surface area contributed by atoms with Crippen molar-refractivity contribution < 1.29 is 14.7 Å². The second kappa shape index (κ2) is 16.9. The number of likely N-dealkylation sites (tertiary alicyclic amines) is 1. The molecule has 0 spiro atoms. The quantitative estimate of drug-likeness (QED) is 0.0833. The van der Waals surface area contributed by atoms with Crippen LogP contribution in [0.1, 0.15) is 114 Å². The zero-order valence-corrected chi connectivity index (χ0v) is 25.6. The predicted octanol–water partition coefficient (Wildman–Crippen LogP) is 10.0. The van der Waals surface area contributed by atoms with Gasteiger partial charge in [-0.05, 0) is 48.4 Å². The number of Topliss-reactive ketones (excluding diaryl/α,β-unsaturated/α-hetero) is 1. The summed E-state index contributed by atoms with van der Waals surface area (Å²) in [5.41, 5.74) is 1.41. The fourth-order valence-corrected chi connectivity index (χ4v) is 5.73. The molecule has 39 heavy (non-hydrogen) atoms. The number of aliphatic hydroxyl groups excluding tert-OH is 1. The van der Waals surface area contributed by atoms with E-state index in [9.17, 15) is 14.7 Å². The van der Waals surface area contributed by atoms with E-state index in [4.69, 9.17) is 11.6 Å². The second-order valence-corrected chi connectivity index (χ2v) is 12.0. The Balaban J connectivity index is 1.52. The van der Waals surface area contributed by atoms with Crippen LogP contribution in [0.2, 0.25) is 5.02 Å². The Hall–Kier alpha value is -2.11. The summed E-state index contributed by atoms with van der Waals surface area (Å²) in [6, 6.07) is 13.6. The van der Waals surface area contributed by atoms with E-state index in [2.05, 4.69) is 22.9 Å². The molecule has 0 aliphatic carbocycles. The van der Waals surface area contributed by atoms with Gasteiger partial charge in [0.15, 0.2) is 0 Å². The number of unbranched alkanes of at least 4 members (excludes halogenated alkanes) is 13. The molecule has 0 bridgehead atoms. The number of amides is 1. The molecule has 4 nitrogen and oxygen atoms in total.